The number of benzene rings is 1. The Labute approximate surface area is 80.9 Å². The highest BCUT2D eigenvalue weighted by molar-refractivity contribution is 9.10. The van der Waals surface area contributed by atoms with Gasteiger partial charge in [0.2, 0.25) is 0 Å². The second-order valence-electron chi connectivity index (χ2n) is 2.71. The van der Waals surface area contributed by atoms with E-state index >= 15 is 0 Å². The zero-order valence-electron chi connectivity index (χ0n) is 7.23. The van der Waals surface area contributed by atoms with Gasteiger partial charge >= 0.3 is 0 Å². The van der Waals surface area contributed by atoms with Crippen LogP contribution in [0.25, 0.3) is 0 Å². The molecule has 0 aliphatic carbocycles. The van der Waals surface area contributed by atoms with E-state index < -0.39 is 0 Å². The molecule has 0 N–H and O–H groups in total. The van der Waals surface area contributed by atoms with E-state index in [1.807, 2.05) is 18.2 Å². The Balaban J connectivity index is 3.21. The van der Waals surface area contributed by atoms with Crippen molar-refractivity contribution in [1.29, 1.82) is 0 Å². The third kappa shape index (κ3) is 1.95. The maximum absolute atomic E-state index is 11.2. The van der Waals surface area contributed by atoms with Gasteiger partial charge in [-0.2, -0.15) is 0 Å². The Bertz CT molecular complexity index is 305. The summed E-state index contributed by atoms with van der Waals surface area (Å²) in [4.78, 5) is 11.2. The van der Waals surface area contributed by atoms with Crippen molar-refractivity contribution >= 4 is 21.7 Å². The minimum Gasteiger partial charge on any atom is -0.295 e. The van der Waals surface area contributed by atoms with E-state index in [-0.39, 0.29) is 5.78 Å². The lowest BCUT2D eigenvalue weighted by molar-refractivity contribution is 0.101. The van der Waals surface area contributed by atoms with Crippen molar-refractivity contribution in [2.75, 3.05) is 0 Å². The molecule has 0 aromatic heterocycles. The standard InChI is InChI=1S/C10H11BrO/c1-3-8-4-5-9(11)6-10(8)7(2)12/h4-6H,3H2,1-2H3. The summed E-state index contributed by atoms with van der Waals surface area (Å²) < 4.78 is 0.963. The lowest BCUT2D eigenvalue weighted by Crippen LogP contribution is -1.98. The van der Waals surface area contributed by atoms with E-state index in [0.29, 0.717) is 0 Å². The maximum atomic E-state index is 11.2. The molecule has 12 heavy (non-hydrogen) atoms. The number of ketones is 1. The Kier molecular flexibility index (Phi) is 3.04. The Morgan fingerprint density at radius 1 is 1.50 bits per heavy atom. The first-order valence-corrected chi connectivity index (χ1v) is 4.73. The molecule has 0 fully saturated rings. The van der Waals surface area contributed by atoms with Gasteiger partial charge in [-0.3, -0.25) is 4.79 Å². The second-order valence-corrected chi connectivity index (χ2v) is 3.63. The number of carbonyl (C=O) groups is 1. The number of carbonyl (C=O) groups excluding carboxylic acids is 1. The summed E-state index contributed by atoms with van der Waals surface area (Å²) in [6.45, 7) is 3.65. The van der Waals surface area contributed by atoms with Crippen LogP contribution in [0.15, 0.2) is 22.7 Å². The number of rotatable bonds is 2. The van der Waals surface area contributed by atoms with E-state index in [1.54, 1.807) is 6.92 Å². The summed E-state index contributed by atoms with van der Waals surface area (Å²) in [5.41, 5.74) is 1.94. The minimum atomic E-state index is 0.133. The number of hydrogen-bond acceptors (Lipinski definition) is 1. The lowest BCUT2D eigenvalue weighted by atomic mass is 10.0. The molecule has 0 aliphatic heterocycles. The first kappa shape index (κ1) is 9.46. The summed E-state index contributed by atoms with van der Waals surface area (Å²) in [5.74, 6) is 0.133. The van der Waals surface area contributed by atoms with Crippen molar-refractivity contribution in [1.82, 2.24) is 0 Å². The summed E-state index contributed by atoms with van der Waals surface area (Å²) in [6.07, 6.45) is 0.905. The molecule has 0 unspecified atom stereocenters. The van der Waals surface area contributed by atoms with Crippen molar-refractivity contribution in [3.8, 4) is 0 Å². The van der Waals surface area contributed by atoms with Gasteiger partial charge in [0.15, 0.2) is 5.78 Å². The fourth-order valence-electron chi connectivity index (χ4n) is 1.18. The van der Waals surface area contributed by atoms with Crippen LogP contribution in [0.5, 0.6) is 0 Å². The highest BCUT2D eigenvalue weighted by Crippen LogP contribution is 2.17. The molecule has 0 bridgehead atoms. The molecule has 0 atom stereocenters. The fraction of sp³-hybridized carbons (Fsp3) is 0.300. The summed E-state index contributed by atoms with van der Waals surface area (Å²) >= 11 is 3.34. The highest BCUT2D eigenvalue weighted by Gasteiger charge is 2.05. The predicted octanol–water partition coefficient (Wildman–Crippen LogP) is 3.21. The van der Waals surface area contributed by atoms with Crippen molar-refractivity contribution in [3.05, 3.63) is 33.8 Å². The molecule has 1 nitrogen and oxygen atoms in total. The van der Waals surface area contributed by atoms with Crippen LogP contribution in [0, 0.1) is 0 Å². The number of aryl methyl sites for hydroxylation is 1. The van der Waals surface area contributed by atoms with Gasteiger partial charge in [0.05, 0.1) is 0 Å². The highest BCUT2D eigenvalue weighted by atomic mass is 79.9. The first-order chi connectivity index (χ1) is 5.65. The van der Waals surface area contributed by atoms with Gasteiger partial charge in [-0.25, -0.2) is 0 Å². The molecule has 0 aliphatic rings. The van der Waals surface area contributed by atoms with Gasteiger partial charge in [0, 0.05) is 10.0 Å². The molecule has 0 saturated heterocycles. The third-order valence-corrected chi connectivity index (χ3v) is 2.33. The topological polar surface area (TPSA) is 17.1 Å². The number of halogens is 1. The molecule has 2 heteroatoms. The van der Waals surface area contributed by atoms with Crippen LogP contribution in [0.2, 0.25) is 0 Å². The summed E-state index contributed by atoms with van der Waals surface area (Å²) in [5, 5.41) is 0. The molecule has 64 valence electrons. The van der Waals surface area contributed by atoms with Crippen LogP contribution in [0.4, 0.5) is 0 Å². The van der Waals surface area contributed by atoms with E-state index in [0.717, 1.165) is 22.0 Å². The third-order valence-electron chi connectivity index (χ3n) is 1.83. The van der Waals surface area contributed by atoms with Crippen molar-refractivity contribution in [2.24, 2.45) is 0 Å². The van der Waals surface area contributed by atoms with Crippen LogP contribution in [0.1, 0.15) is 29.8 Å². The average Bonchev–Trinajstić information content (AvgIpc) is 2.04. The van der Waals surface area contributed by atoms with E-state index in [1.165, 1.54) is 0 Å². The zero-order chi connectivity index (χ0) is 9.14. The monoisotopic (exact) mass is 226 g/mol. The van der Waals surface area contributed by atoms with Crippen LogP contribution in [0.3, 0.4) is 0 Å². The van der Waals surface area contributed by atoms with Gasteiger partial charge < -0.3 is 0 Å². The van der Waals surface area contributed by atoms with Crippen molar-refractivity contribution in [3.63, 3.8) is 0 Å². The van der Waals surface area contributed by atoms with Gasteiger partial charge in [-0.1, -0.05) is 28.9 Å². The Hall–Kier alpha value is -0.630. The normalized spacial score (nSPS) is 9.92. The molecule has 0 spiro atoms. The lowest BCUT2D eigenvalue weighted by Gasteiger charge is -2.03. The first-order valence-electron chi connectivity index (χ1n) is 3.94. The van der Waals surface area contributed by atoms with Gasteiger partial charge in [0.1, 0.15) is 0 Å². The average molecular weight is 227 g/mol. The smallest absolute Gasteiger partial charge is 0.160 e. The van der Waals surface area contributed by atoms with Crippen LogP contribution < -0.4 is 0 Å². The summed E-state index contributed by atoms with van der Waals surface area (Å²) in [7, 11) is 0. The molecule has 1 rings (SSSR count). The van der Waals surface area contributed by atoms with Crippen LogP contribution >= 0.6 is 15.9 Å². The molecule has 0 radical (unpaired) electrons. The second kappa shape index (κ2) is 3.85. The van der Waals surface area contributed by atoms with Crippen molar-refractivity contribution in [2.45, 2.75) is 20.3 Å². The SMILES string of the molecule is CCc1ccc(Br)cc1C(C)=O. The van der Waals surface area contributed by atoms with E-state index in [4.69, 9.17) is 0 Å². The molecular formula is C10H11BrO. The molecule has 0 heterocycles. The van der Waals surface area contributed by atoms with E-state index in [2.05, 4.69) is 22.9 Å². The molecule has 1 aromatic carbocycles. The van der Waals surface area contributed by atoms with Gasteiger partial charge in [-0.15, -0.1) is 0 Å². The minimum absolute atomic E-state index is 0.133. The molecule has 1 aromatic rings. The quantitative estimate of drug-likeness (QED) is 0.709. The van der Waals surface area contributed by atoms with Gasteiger partial charge in [0.25, 0.3) is 0 Å². The number of hydrogen-bond donors (Lipinski definition) is 0. The fourth-order valence-corrected chi connectivity index (χ4v) is 1.55. The Morgan fingerprint density at radius 3 is 2.67 bits per heavy atom. The molecule has 0 amide bonds. The van der Waals surface area contributed by atoms with Crippen molar-refractivity contribution < 1.29 is 4.79 Å². The van der Waals surface area contributed by atoms with Crippen LogP contribution in [-0.2, 0) is 6.42 Å². The zero-order valence-corrected chi connectivity index (χ0v) is 8.81. The molecule has 0 saturated carbocycles. The molecular weight excluding hydrogens is 216 g/mol. The van der Waals surface area contributed by atoms with Crippen LogP contribution in [-0.4, -0.2) is 5.78 Å². The summed E-state index contributed by atoms with van der Waals surface area (Å²) in [6, 6.07) is 5.83. The Morgan fingerprint density at radius 2 is 2.17 bits per heavy atom. The van der Waals surface area contributed by atoms with Gasteiger partial charge in [-0.05, 0) is 31.0 Å². The maximum Gasteiger partial charge on any atom is 0.160 e. The predicted molar refractivity (Wildman–Crippen MR) is 53.5 cm³/mol. The van der Waals surface area contributed by atoms with E-state index in [9.17, 15) is 4.79 Å². The largest absolute Gasteiger partial charge is 0.295 e. The number of Topliss-reactive ketones (excluding diaryl/α,β-unsaturated/α-hetero) is 1.